The molecule has 1 aromatic carbocycles. The first-order valence-electron chi connectivity index (χ1n) is 8.66. The minimum atomic E-state index is -0.497. The van der Waals surface area contributed by atoms with Crippen molar-refractivity contribution in [1.82, 2.24) is 4.98 Å². The third-order valence-corrected chi connectivity index (χ3v) is 3.64. The molecule has 1 aromatic heterocycles. The molecule has 0 unspecified atom stereocenters. The number of hydrogen-bond acceptors (Lipinski definition) is 4. The summed E-state index contributed by atoms with van der Waals surface area (Å²) in [5.74, 6) is 1.09. The van der Waals surface area contributed by atoms with Crippen LogP contribution >= 0.6 is 0 Å². The molecular formula is C21H25N3O2. The van der Waals surface area contributed by atoms with E-state index in [0.717, 1.165) is 11.1 Å². The van der Waals surface area contributed by atoms with E-state index in [0.29, 0.717) is 23.7 Å². The lowest BCUT2D eigenvalue weighted by Gasteiger charge is -2.18. The van der Waals surface area contributed by atoms with Gasteiger partial charge in [0.05, 0.1) is 24.3 Å². The number of aromatic nitrogens is 1. The van der Waals surface area contributed by atoms with Crippen molar-refractivity contribution in [3.63, 3.8) is 0 Å². The first-order valence-corrected chi connectivity index (χ1v) is 8.66. The van der Waals surface area contributed by atoms with Crippen LogP contribution in [0.1, 0.15) is 40.2 Å². The van der Waals surface area contributed by atoms with E-state index in [-0.39, 0.29) is 12.0 Å². The maximum Gasteiger partial charge on any atom is 0.230 e. The topological polar surface area (TPSA) is 75.0 Å². The van der Waals surface area contributed by atoms with Crippen LogP contribution in [0, 0.1) is 16.7 Å². The van der Waals surface area contributed by atoms with Gasteiger partial charge in [-0.1, -0.05) is 32.9 Å². The first-order chi connectivity index (χ1) is 12.2. The number of nitriles is 1. The largest absolute Gasteiger partial charge is 0.490 e. The van der Waals surface area contributed by atoms with Crippen molar-refractivity contribution in [2.45, 2.75) is 47.1 Å². The zero-order valence-electron chi connectivity index (χ0n) is 16.0. The van der Waals surface area contributed by atoms with E-state index in [1.54, 1.807) is 6.07 Å². The Morgan fingerprint density at radius 3 is 2.62 bits per heavy atom. The van der Waals surface area contributed by atoms with Gasteiger partial charge in [0.25, 0.3) is 0 Å². The molecule has 2 aromatic rings. The van der Waals surface area contributed by atoms with Gasteiger partial charge in [0.1, 0.15) is 11.6 Å². The number of anilines is 1. The minimum Gasteiger partial charge on any atom is -0.490 e. The Morgan fingerprint density at radius 1 is 1.27 bits per heavy atom. The zero-order chi connectivity index (χ0) is 19.3. The minimum absolute atomic E-state index is 0.00476. The molecule has 5 heteroatoms. The van der Waals surface area contributed by atoms with Gasteiger partial charge in [-0.2, -0.15) is 5.26 Å². The molecule has 0 aliphatic rings. The summed E-state index contributed by atoms with van der Waals surface area (Å²) in [5.41, 5.74) is 1.93. The summed E-state index contributed by atoms with van der Waals surface area (Å²) < 4.78 is 5.93. The number of carbonyl (C=O) groups is 1. The van der Waals surface area contributed by atoms with Crippen molar-refractivity contribution in [3.8, 4) is 23.1 Å². The Morgan fingerprint density at radius 2 is 2.00 bits per heavy atom. The van der Waals surface area contributed by atoms with Crippen LogP contribution in [0.25, 0.3) is 11.3 Å². The lowest BCUT2D eigenvalue weighted by molar-refractivity contribution is -0.123. The van der Waals surface area contributed by atoms with E-state index in [1.165, 1.54) is 0 Å². The molecule has 0 aliphatic carbocycles. The summed E-state index contributed by atoms with van der Waals surface area (Å²) in [7, 11) is 0. The summed E-state index contributed by atoms with van der Waals surface area (Å²) in [6, 6.07) is 13.3. The Kier molecular flexibility index (Phi) is 5.99. The Hall–Kier alpha value is -2.87. The van der Waals surface area contributed by atoms with Gasteiger partial charge in [0.15, 0.2) is 0 Å². The molecule has 2 rings (SSSR count). The van der Waals surface area contributed by atoms with Gasteiger partial charge in [-0.05, 0) is 43.7 Å². The van der Waals surface area contributed by atoms with Crippen molar-refractivity contribution in [2.24, 2.45) is 5.41 Å². The van der Waals surface area contributed by atoms with Gasteiger partial charge < -0.3 is 10.1 Å². The van der Waals surface area contributed by atoms with Gasteiger partial charge >= 0.3 is 0 Å². The van der Waals surface area contributed by atoms with Crippen LogP contribution in [0.5, 0.6) is 5.75 Å². The number of hydrogen-bond donors (Lipinski definition) is 1. The molecule has 0 radical (unpaired) electrons. The van der Waals surface area contributed by atoms with Crippen LogP contribution < -0.4 is 10.1 Å². The number of pyridine rings is 1. The Bertz CT molecular complexity index is 830. The number of ether oxygens (including phenoxy) is 1. The smallest absolute Gasteiger partial charge is 0.230 e. The SMILES string of the molecule is CC(C)Oc1cc(CC#N)ccc1-c1cccc(NC(=O)C(C)(C)C)n1. The molecule has 1 heterocycles. The third kappa shape index (κ3) is 5.06. The van der Waals surface area contributed by atoms with E-state index in [4.69, 9.17) is 10.00 Å². The highest BCUT2D eigenvalue weighted by molar-refractivity contribution is 5.93. The maximum atomic E-state index is 12.2. The summed E-state index contributed by atoms with van der Waals surface area (Å²) >= 11 is 0. The molecule has 0 saturated carbocycles. The van der Waals surface area contributed by atoms with Crippen molar-refractivity contribution in [1.29, 1.82) is 5.26 Å². The lowest BCUT2D eigenvalue weighted by Crippen LogP contribution is -2.28. The van der Waals surface area contributed by atoms with Gasteiger partial charge in [-0.25, -0.2) is 4.98 Å². The number of nitrogens with zero attached hydrogens (tertiary/aromatic N) is 2. The van der Waals surface area contributed by atoms with E-state index in [2.05, 4.69) is 16.4 Å². The van der Waals surface area contributed by atoms with E-state index in [9.17, 15) is 4.79 Å². The fourth-order valence-electron chi connectivity index (χ4n) is 2.29. The second kappa shape index (κ2) is 8.01. The fraction of sp³-hybridized carbons (Fsp3) is 0.381. The van der Waals surface area contributed by atoms with Crippen LogP contribution in [-0.4, -0.2) is 17.0 Å². The van der Waals surface area contributed by atoms with E-state index in [1.807, 2.05) is 65.0 Å². The van der Waals surface area contributed by atoms with Crippen molar-refractivity contribution in [2.75, 3.05) is 5.32 Å². The first kappa shape index (κ1) is 19.5. The molecule has 1 N–H and O–H groups in total. The molecular weight excluding hydrogens is 326 g/mol. The number of benzene rings is 1. The van der Waals surface area contributed by atoms with Crippen molar-refractivity contribution in [3.05, 3.63) is 42.0 Å². The molecule has 5 nitrogen and oxygen atoms in total. The number of nitrogens with one attached hydrogen (secondary N) is 1. The predicted molar refractivity (Wildman–Crippen MR) is 103 cm³/mol. The molecule has 0 spiro atoms. The summed E-state index contributed by atoms with van der Waals surface area (Å²) in [5, 5.41) is 11.8. The highest BCUT2D eigenvalue weighted by atomic mass is 16.5. The highest BCUT2D eigenvalue weighted by Crippen LogP contribution is 2.31. The third-order valence-electron chi connectivity index (χ3n) is 3.64. The molecule has 0 aliphatic heterocycles. The van der Waals surface area contributed by atoms with Gasteiger partial charge in [0.2, 0.25) is 5.91 Å². The molecule has 0 bridgehead atoms. The normalized spacial score (nSPS) is 11.1. The fourth-order valence-corrected chi connectivity index (χ4v) is 2.29. The standard InChI is InChI=1S/C21H25N3O2/c1-14(2)26-18-13-15(11-12-22)9-10-16(18)17-7-6-8-19(23-17)24-20(25)21(3,4)5/h6-10,13-14H,11H2,1-5H3,(H,23,24,25). The quantitative estimate of drug-likeness (QED) is 0.855. The van der Waals surface area contributed by atoms with Gasteiger partial charge in [-0.15, -0.1) is 0 Å². The van der Waals surface area contributed by atoms with Crippen LogP contribution in [-0.2, 0) is 11.2 Å². The predicted octanol–water partition coefficient (Wildman–Crippen LogP) is 4.59. The van der Waals surface area contributed by atoms with Crippen LogP contribution in [0.3, 0.4) is 0 Å². The Labute approximate surface area is 155 Å². The van der Waals surface area contributed by atoms with Crippen LogP contribution in [0.2, 0.25) is 0 Å². The second-order valence-electron chi connectivity index (χ2n) is 7.44. The molecule has 1 amide bonds. The highest BCUT2D eigenvalue weighted by Gasteiger charge is 2.21. The molecule has 26 heavy (non-hydrogen) atoms. The Balaban J connectivity index is 2.40. The van der Waals surface area contributed by atoms with Gasteiger partial charge in [0, 0.05) is 11.0 Å². The number of rotatable bonds is 5. The second-order valence-corrected chi connectivity index (χ2v) is 7.44. The molecule has 0 atom stereocenters. The van der Waals surface area contributed by atoms with Crippen LogP contribution in [0.15, 0.2) is 36.4 Å². The summed E-state index contributed by atoms with van der Waals surface area (Å²) in [6.07, 6.45) is 0.318. The van der Waals surface area contributed by atoms with E-state index < -0.39 is 5.41 Å². The van der Waals surface area contributed by atoms with Crippen molar-refractivity contribution >= 4 is 11.7 Å². The monoisotopic (exact) mass is 351 g/mol. The lowest BCUT2D eigenvalue weighted by atomic mass is 9.96. The molecule has 0 fully saturated rings. The van der Waals surface area contributed by atoms with E-state index >= 15 is 0 Å². The summed E-state index contributed by atoms with van der Waals surface area (Å²) in [6.45, 7) is 9.47. The average molecular weight is 351 g/mol. The molecule has 136 valence electrons. The average Bonchev–Trinajstić information content (AvgIpc) is 2.54. The van der Waals surface area contributed by atoms with Crippen molar-refractivity contribution < 1.29 is 9.53 Å². The number of carbonyl (C=O) groups excluding carboxylic acids is 1. The summed E-state index contributed by atoms with van der Waals surface area (Å²) in [4.78, 5) is 16.8. The van der Waals surface area contributed by atoms with Gasteiger partial charge in [-0.3, -0.25) is 4.79 Å². The van der Waals surface area contributed by atoms with Crippen LogP contribution in [0.4, 0.5) is 5.82 Å². The maximum absolute atomic E-state index is 12.2. The number of amides is 1. The zero-order valence-corrected chi connectivity index (χ0v) is 16.0. The molecule has 0 saturated heterocycles.